The number of amides is 4. The Labute approximate surface area is 133 Å². The van der Waals surface area contributed by atoms with Gasteiger partial charge < -0.3 is 9.47 Å². The number of carbonyl (C=O) groups excluding carboxylic acids is 3. The molecule has 1 aliphatic rings. The van der Waals surface area contributed by atoms with Crippen molar-refractivity contribution in [3.05, 3.63) is 29.3 Å². The van der Waals surface area contributed by atoms with E-state index in [1.807, 2.05) is 31.4 Å². The molecule has 1 saturated heterocycles. The lowest BCUT2D eigenvalue weighted by Gasteiger charge is -2.16. The van der Waals surface area contributed by atoms with Crippen LogP contribution in [0.2, 0.25) is 0 Å². The van der Waals surface area contributed by atoms with Crippen LogP contribution in [0.25, 0.3) is 6.08 Å². The third-order valence-electron chi connectivity index (χ3n) is 2.88. The number of ether oxygens (including phenoxy) is 2. The fourth-order valence-electron chi connectivity index (χ4n) is 2.01. The molecule has 4 amide bonds. The van der Waals surface area contributed by atoms with Crippen LogP contribution in [0.1, 0.15) is 26.3 Å². The average molecular weight is 318 g/mol. The molecule has 0 unspecified atom stereocenters. The van der Waals surface area contributed by atoms with Crippen molar-refractivity contribution in [1.29, 1.82) is 0 Å². The topological polar surface area (TPSA) is 93.7 Å². The summed E-state index contributed by atoms with van der Waals surface area (Å²) in [7, 11) is 0. The summed E-state index contributed by atoms with van der Waals surface area (Å²) < 4.78 is 11.2. The molecule has 7 nitrogen and oxygen atoms in total. The molecular formula is C16H18N2O5. The second kappa shape index (κ2) is 6.95. The van der Waals surface area contributed by atoms with Gasteiger partial charge in [0.15, 0.2) is 11.5 Å². The SMILES string of the molecule is CCOc1cc(C=C2C(=O)NC(=O)NC2=O)ccc1OC(C)C. The molecule has 1 aliphatic heterocycles. The molecule has 2 rings (SSSR count). The van der Waals surface area contributed by atoms with Crippen LogP contribution in [0.3, 0.4) is 0 Å². The first-order valence-corrected chi connectivity index (χ1v) is 7.22. The van der Waals surface area contributed by atoms with Gasteiger partial charge in [0.05, 0.1) is 12.7 Å². The Kier molecular flexibility index (Phi) is 5.00. The van der Waals surface area contributed by atoms with Crippen LogP contribution in [0.5, 0.6) is 11.5 Å². The Morgan fingerprint density at radius 2 is 1.74 bits per heavy atom. The molecule has 2 N–H and O–H groups in total. The summed E-state index contributed by atoms with van der Waals surface area (Å²) in [6.45, 7) is 6.10. The van der Waals surface area contributed by atoms with E-state index in [9.17, 15) is 14.4 Å². The number of hydrogen-bond acceptors (Lipinski definition) is 5. The smallest absolute Gasteiger partial charge is 0.328 e. The van der Waals surface area contributed by atoms with Crippen molar-refractivity contribution < 1.29 is 23.9 Å². The van der Waals surface area contributed by atoms with Crippen LogP contribution in [0.4, 0.5) is 4.79 Å². The van der Waals surface area contributed by atoms with Gasteiger partial charge in [-0.1, -0.05) is 6.07 Å². The molecule has 1 heterocycles. The number of rotatable bonds is 5. The van der Waals surface area contributed by atoms with Gasteiger partial charge in [-0.25, -0.2) is 4.79 Å². The normalized spacial score (nSPS) is 14.4. The third kappa shape index (κ3) is 4.09. The minimum atomic E-state index is -0.826. The summed E-state index contributed by atoms with van der Waals surface area (Å²) in [5.41, 5.74) is 0.434. The van der Waals surface area contributed by atoms with Crippen molar-refractivity contribution >= 4 is 23.9 Å². The minimum Gasteiger partial charge on any atom is -0.490 e. The first-order chi connectivity index (χ1) is 10.9. The monoisotopic (exact) mass is 318 g/mol. The zero-order valence-electron chi connectivity index (χ0n) is 13.1. The summed E-state index contributed by atoms with van der Waals surface area (Å²) in [6.07, 6.45) is 1.37. The Morgan fingerprint density at radius 3 is 2.30 bits per heavy atom. The van der Waals surface area contributed by atoms with Crippen molar-refractivity contribution in [2.24, 2.45) is 0 Å². The molecule has 122 valence electrons. The van der Waals surface area contributed by atoms with E-state index < -0.39 is 17.8 Å². The Balaban J connectivity index is 2.34. The van der Waals surface area contributed by atoms with E-state index in [1.165, 1.54) is 6.08 Å². The number of imide groups is 2. The summed E-state index contributed by atoms with van der Waals surface area (Å²) in [5.74, 6) is -0.376. The summed E-state index contributed by atoms with van der Waals surface area (Å²) in [5, 5.41) is 4.05. The van der Waals surface area contributed by atoms with Crippen molar-refractivity contribution in [2.75, 3.05) is 6.61 Å². The summed E-state index contributed by atoms with van der Waals surface area (Å²) >= 11 is 0. The maximum Gasteiger partial charge on any atom is 0.328 e. The minimum absolute atomic E-state index is 0.0145. The quantitative estimate of drug-likeness (QED) is 0.635. The van der Waals surface area contributed by atoms with Crippen LogP contribution in [0, 0.1) is 0 Å². The molecule has 1 aromatic rings. The van der Waals surface area contributed by atoms with Crippen LogP contribution < -0.4 is 20.1 Å². The zero-order chi connectivity index (χ0) is 17.0. The van der Waals surface area contributed by atoms with Crippen LogP contribution in [-0.4, -0.2) is 30.6 Å². The molecule has 0 spiro atoms. The highest BCUT2D eigenvalue weighted by Gasteiger charge is 2.27. The van der Waals surface area contributed by atoms with Gasteiger partial charge in [0.2, 0.25) is 0 Å². The fraction of sp³-hybridized carbons (Fsp3) is 0.312. The number of urea groups is 1. The standard InChI is InChI=1S/C16H18N2O5/c1-4-22-13-8-10(5-6-12(13)23-9(2)3)7-11-14(19)17-16(21)18-15(11)20/h5-9H,4H2,1-3H3,(H2,17,18,19,20,21). The van der Waals surface area contributed by atoms with Gasteiger partial charge in [-0.05, 0) is 44.5 Å². The lowest BCUT2D eigenvalue weighted by molar-refractivity contribution is -0.123. The van der Waals surface area contributed by atoms with Gasteiger partial charge in [0, 0.05) is 0 Å². The van der Waals surface area contributed by atoms with Crippen LogP contribution >= 0.6 is 0 Å². The van der Waals surface area contributed by atoms with E-state index in [4.69, 9.17) is 9.47 Å². The number of nitrogens with one attached hydrogen (secondary N) is 2. The maximum absolute atomic E-state index is 11.7. The number of hydrogen-bond donors (Lipinski definition) is 2. The maximum atomic E-state index is 11.7. The second-order valence-electron chi connectivity index (χ2n) is 5.10. The first kappa shape index (κ1) is 16.5. The predicted molar refractivity (Wildman–Crippen MR) is 83.0 cm³/mol. The van der Waals surface area contributed by atoms with Gasteiger partial charge >= 0.3 is 6.03 Å². The molecule has 0 aliphatic carbocycles. The van der Waals surface area contributed by atoms with Crippen molar-refractivity contribution in [3.8, 4) is 11.5 Å². The van der Waals surface area contributed by atoms with Crippen LogP contribution in [-0.2, 0) is 9.59 Å². The highest BCUT2D eigenvalue weighted by atomic mass is 16.5. The van der Waals surface area contributed by atoms with Crippen molar-refractivity contribution in [1.82, 2.24) is 10.6 Å². The molecule has 0 bridgehead atoms. The van der Waals surface area contributed by atoms with Gasteiger partial charge in [-0.15, -0.1) is 0 Å². The molecule has 0 atom stereocenters. The molecule has 0 radical (unpaired) electrons. The van der Waals surface area contributed by atoms with E-state index in [2.05, 4.69) is 0 Å². The number of benzene rings is 1. The Morgan fingerprint density at radius 1 is 1.09 bits per heavy atom. The summed E-state index contributed by atoms with van der Waals surface area (Å²) in [6, 6.07) is 4.25. The number of carbonyl (C=O) groups is 3. The highest BCUT2D eigenvalue weighted by Crippen LogP contribution is 2.30. The average Bonchev–Trinajstić information content (AvgIpc) is 2.45. The van der Waals surface area contributed by atoms with E-state index in [-0.39, 0.29) is 11.7 Å². The zero-order valence-corrected chi connectivity index (χ0v) is 13.1. The van der Waals surface area contributed by atoms with E-state index in [1.54, 1.807) is 18.2 Å². The largest absolute Gasteiger partial charge is 0.490 e. The van der Waals surface area contributed by atoms with Crippen LogP contribution in [0.15, 0.2) is 23.8 Å². The lowest BCUT2D eigenvalue weighted by atomic mass is 10.1. The van der Waals surface area contributed by atoms with E-state index in [0.29, 0.717) is 23.7 Å². The first-order valence-electron chi connectivity index (χ1n) is 7.22. The molecule has 23 heavy (non-hydrogen) atoms. The van der Waals surface area contributed by atoms with Gasteiger partial charge in [-0.2, -0.15) is 0 Å². The molecule has 1 aromatic carbocycles. The molecular weight excluding hydrogens is 300 g/mol. The number of barbiturate groups is 1. The second-order valence-corrected chi connectivity index (χ2v) is 5.10. The molecule has 0 aromatic heterocycles. The molecule has 0 saturated carbocycles. The molecule has 7 heteroatoms. The highest BCUT2D eigenvalue weighted by molar-refractivity contribution is 6.31. The van der Waals surface area contributed by atoms with Gasteiger partial charge in [0.1, 0.15) is 5.57 Å². The molecule has 1 fully saturated rings. The van der Waals surface area contributed by atoms with Gasteiger partial charge in [0.25, 0.3) is 11.8 Å². The van der Waals surface area contributed by atoms with E-state index in [0.717, 1.165) is 0 Å². The Bertz CT molecular complexity index is 657. The third-order valence-corrected chi connectivity index (χ3v) is 2.88. The summed E-state index contributed by atoms with van der Waals surface area (Å²) in [4.78, 5) is 34.5. The predicted octanol–water partition coefficient (Wildman–Crippen LogP) is 1.62. The lowest BCUT2D eigenvalue weighted by Crippen LogP contribution is -2.51. The Hall–Kier alpha value is -2.83. The van der Waals surface area contributed by atoms with Gasteiger partial charge in [-0.3, -0.25) is 20.2 Å². The van der Waals surface area contributed by atoms with Crippen molar-refractivity contribution in [3.63, 3.8) is 0 Å². The van der Waals surface area contributed by atoms with Crippen molar-refractivity contribution in [2.45, 2.75) is 26.9 Å². The van der Waals surface area contributed by atoms with E-state index >= 15 is 0 Å². The fourth-order valence-corrected chi connectivity index (χ4v) is 2.01.